The molecule has 8 aromatic heterocycles. The van der Waals surface area contributed by atoms with Crippen LogP contribution in [-0.4, -0.2) is 109 Å². The highest BCUT2D eigenvalue weighted by atomic mass is 79.9. The van der Waals surface area contributed by atoms with Gasteiger partial charge < -0.3 is 65.0 Å². The Bertz CT molecular complexity index is 7090. The number of fused-ring (bicyclic) bond motifs is 4. The number of H-pyrrole nitrogens is 8. The molecule has 622 valence electrons. The van der Waals surface area contributed by atoms with E-state index in [4.69, 9.17) is 24.7 Å². The zero-order chi connectivity index (χ0) is 86.5. The van der Waals surface area contributed by atoms with Crippen LogP contribution in [0.15, 0.2) is 309 Å². The summed E-state index contributed by atoms with van der Waals surface area (Å²) in [6.45, 7) is 7.99. The third-order valence-corrected chi connectivity index (χ3v) is 24.4. The maximum Gasteiger partial charge on any atom is 0.140 e. The van der Waals surface area contributed by atoms with Gasteiger partial charge in [-0.2, -0.15) is 0 Å². The van der Waals surface area contributed by atoms with Crippen LogP contribution in [0.5, 0.6) is 5.75 Å². The van der Waals surface area contributed by atoms with Crippen molar-refractivity contribution in [3.8, 4) is 141 Å². The molecule has 17 nitrogen and oxygen atoms in total. The number of ether oxygens (including phenoxy) is 1. The first-order valence-electron chi connectivity index (χ1n) is 41.2. The second kappa shape index (κ2) is 37.1. The third-order valence-electron chi connectivity index (χ3n) is 22.4. The Balaban J connectivity index is 0.000000118. The molecule has 0 radical (unpaired) electrons. The highest BCUT2D eigenvalue weighted by molar-refractivity contribution is 9.11. The van der Waals surface area contributed by atoms with E-state index in [-0.39, 0.29) is 0 Å². The molecule has 0 bridgehead atoms. The van der Waals surface area contributed by atoms with Gasteiger partial charge in [0.25, 0.3) is 0 Å². The number of nitrogens with zero attached hydrogens (tertiary/aromatic N) is 6. The fourth-order valence-electron chi connectivity index (χ4n) is 15.9. The molecule has 0 aliphatic rings. The molecule has 0 fully saturated rings. The Hall–Kier alpha value is -13.1. The molecule has 0 atom stereocenters. The smallest absolute Gasteiger partial charge is 0.140 e. The lowest BCUT2D eigenvalue weighted by Crippen LogP contribution is -2.07. The minimum absolute atomic E-state index is 0.827. The number of para-hydroxylation sites is 2. The third kappa shape index (κ3) is 18.2. The van der Waals surface area contributed by atoms with E-state index in [0.717, 1.165) is 222 Å². The summed E-state index contributed by atoms with van der Waals surface area (Å²) in [6, 6.07) is 96.7. The van der Waals surface area contributed by atoms with E-state index < -0.39 is 0 Å². The fourth-order valence-corrected chi connectivity index (χ4v) is 17.2. The summed E-state index contributed by atoms with van der Waals surface area (Å²) in [4.78, 5) is 52.7. The van der Waals surface area contributed by atoms with Crippen LogP contribution in [-0.2, 0) is 13.1 Å². The Morgan fingerprint density at radius 3 is 0.992 bits per heavy atom. The summed E-state index contributed by atoms with van der Waals surface area (Å²) >= 11 is 14.2. The molecule has 0 saturated heterocycles. The summed E-state index contributed by atoms with van der Waals surface area (Å²) < 4.78 is 9.51. The van der Waals surface area contributed by atoms with Crippen molar-refractivity contribution < 1.29 is 4.74 Å². The van der Waals surface area contributed by atoms with Crippen molar-refractivity contribution in [2.75, 3.05) is 59.2 Å². The number of aryl methyl sites for hydroxylation is 3. The molecular formula is C104H92Br4N16O. The molecule has 125 heavy (non-hydrogen) atoms. The molecule has 0 unspecified atom stereocenters. The summed E-state index contributed by atoms with van der Waals surface area (Å²) in [5.74, 6) is 4.26. The zero-order valence-corrected chi connectivity index (χ0v) is 77.1. The molecule has 10 N–H and O–H groups in total. The molecule has 0 aliphatic carbocycles. The standard InChI is InChI=1S/C28H29N5.C27H26BrN5.C25H20BrN3O.C24H17Br2N3/c1-18-25(23-7-5-6-8-24(23)30-18)28-31-26(20-11-9-19(10-12-20)17-29-2)27(32-28)21-13-15-22(16-14-21)33(3)4;1-29-15-17-4-6-18(7-5-17)25-26(19-8-11-21(12-9-19)33(2)3)32-27(31-25)23-16-30-24-13-10-20(28)14-22(23)24;1-15-3-5-16(6-4-15)23-24(17-7-10-19(30-2)11-8-17)29-25(28-23)21-14-27-22-12-9-18(26)13-20(21)22;1-14-21(19-4-2-3-5-20(19)27-14)24-28-22(15-6-10-17(25)11-7-15)23(29-24)16-8-12-18(26)13-9-16/h5-16,29-30H,17H2,1-4H3,(H,31,32);4-14,16,29-30H,15H2,1-3H3,(H,31,32);3-14,27H,1-2H3,(H,28,29);2-13,27H,1H3,(H,28,29). The minimum atomic E-state index is 0.827. The molecule has 0 aliphatic heterocycles. The van der Waals surface area contributed by atoms with Gasteiger partial charge in [0, 0.05) is 205 Å². The van der Waals surface area contributed by atoms with Crippen LogP contribution in [0.4, 0.5) is 11.4 Å². The number of anilines is 2. The van der Waals surface area contributed by atoms with Gasteiger partial charge in [0.1, 0.15) is 29.0 Å². The summed E-state index contributed by atoms with van der Waals surface area (Å²) in [5.41, 5.74) is 33.5. The van der Waals surface area contributed by atoms with Crippen LogP contribution in [0.2, 0.25) is 0 Å². The number of methoxy groups -OCH3 is 1. The van der Waals surface area contributed by atoms with Crippen molar-refractivity contribution >= 4 is 119 Å². The first-order chi connectivity index (χ1) is 60.8. The van der Waals surface area contributed by atoms with Gasteiger partial charge in [-0.1, -0.05) is 227 Å². The molecule has 20 rings (SSSR count). The van der Waals surface area contributed by atoms with E-state index >= 15 is 0 Å². The van der Waals surface area contributed by atoms with Gasteiger partial charge in [-0.05, 0) is 167 Å². The second-order valence-corrected chi connectivity index (χ2v) is 35.0. The van der Waals surface area contributed by atoms with Crippen LogP contribution >= 0.6 is 63.7 Å². The van der Waals surface area contributed by atoms with E-state index in [9.17, 15) is 0 Å². The predicted molar refractivity (Wildman–Crippen MR) is 533 cm³/mol. The first-order valence-corrected chi connectivity index (χ1v) is 44.3. The fraction of sp³-hybridized carbons (Fsp3) is 0.115. The summed E-state index contributed by atoms with van der Waals surface area (Å²) in [6.07, 6.45) is 4.03. The molecule has 21 heteroatoms. The number of halogens is 4. The van der Waals surface area contributed by atoms with Crippen LogP contribution in [0.1, 0.15) is 28.1 Å². The van der Waals surface area contributed by atoms with Gasteiger partial charge in [0.2, 0.25) is 0 Å². The van der Waals surface area contributed by atoms with E-state index in [1.54, 1.807) is 7.11 Å². The van der Waals surface area contributed by atoms with Gasteiger partial charge in [-0.25, -0.2) is 19.9 Å². The quantitative estimate of drug-likeness (QED) is 0.0372. The first kappa shape index (κ1) is 84.1. The topological polar surface area (TPSA) is 218 Å². The highest BCUT2D eigenvalue weighted by Gasteiger charge is 2.25. The number of nitrogens with one attached hydrogen (secondary N) is 10. The van der Waals surface area contributed by atoms with Crippen LogP contribution in [0, 0.1) is 20.8 Å². The SMILES string of the molecule is CNCc1ccc(-c2[nH]c(-c3c(C)[nH]c4ccccc34)nc2-c2ccc(N(C)C)cc2)cc1.CNCc1ccc(-c2[nH]c(-c3c[nH]c4ccc(Br)cc34)nc2-c2ccc(N(C)C)cc2)cc1.COc1ccc(-c2nc(-c3c[nH]c4ccc(Br)cc34)[nH]c2-c2ccc(C)cc2)cc1.Cc1[nH]c2ccccc2c1-c1nc(-c2ccc(Br)cc2)c(-c2ccc(Br)cc2)[nH]1. The lowest BCUT2D eigenvalue weighted by atomic mass is 10.0. The van der Waals surface area contributed by atoms with Crippen LogP contribution in [0.25, 0.3) is 179 Å². The van der Waals surface area contributed by atoms with Gasteiger partial charge in [0.15, 0.2) is 0 Å². The van der Waals surface area contributed by atoms with Gasteiger partial charge in [-0.3, -0.25) is 0 Å². The van der Waals surface area contributed by atoms with Crippen molar-refractivity contribution in [2.24, 2.45) is 0 Å². The number of aromatic nitrogens is 12. The second-order valence-electron chi connectivity index (χ2n) is 31.3. The van der Waals surface area contributed by atoms with Crippen molar-refractivity contribution in [3.63, 3.8) is 0 Å². The van der Waals surface area contributed by atoms with Gasteiger partial charge in [-0.15, -0.1) is 0 Å². The van der Waals surface area contributed by atoms with Crippen molar-refractivity contribution in [1.29, 1.82) is 0 Å². The van der Waals surface area contributed by atoms with E-state index in [1.807, 2.05) is 81.1 Å². The largest absolute Gasteiger partial charge is 0.497 e. The van der Waals surface area contributed by atoms with Gasteiger partial charge >= 0.3 is 0 Å². The molecule has 0 spiro atoms. The average Bonchev–Trinajstić information content (AvgIpc) is 1.61. The average molecular weight is 1900 g/mol. The van der Waals surface area contributed by atoms with Crippen LogP contribution < -0.4 is 25.2 Å². The number of imidazole rings is 4. The number of aromatic amines is 8. The van der Waals surface area contributed by atoms with E-state index in [1.165, 1.54) is 33.2 Å². The molecule has 20 aromatic rings. The Morgan fingerprint density at radius 2 is 0.632 bits per heavy atom. The monoisotopic (exact) mass is 1900 g/mol. The molecule has 0 saturated carbocycles. The number of hydrogen-bond donors (Lipinski definition) is 10. The minimum Gasteiger partial charge on any atom is -0.497 e. The normalized spacial score (nSPS) is 11.2. The Labute approximate surface area is 759 Å². The predicted octanol–water partition coefficient (Wildman–Crippen LogP) is 27.1. The summed E-state index contributed by atoms with van der Waals surface area (Å²) in [5, 5.41) is 11.0. The lowest BCUT2D eigenvalue weighted by Gasteiger charge is -2.12. The molecule has 0 amide bonds. The maximum absolute atomic E-state index is 5.32. The van der Waals surface area contributed by atoms with Crippen molar-refractivity contribution in [1.82, 2.24) is 70.4 Å². The zero-order valence-electron chi connectivity index (χ0n) is 70.7. The highest BCUT2D eigenvalue weighted by Crippen LogP contribution is 2.44. The maximum atomic E-state index is 5.32. The van der Waals surface area contributed by atoms with Crippen molar-refractivity contribution in [3.05, 3.63) is 337 Å². The number of hydrogen-bond acceptors (Lipinski definition) is 9. The number of benzene rings is 12. The Kier molecular flexibility index (Phi) is 25.0. The lowest BCUT2D eigenvalue weighted by molar-refractivity contribution is 0.415. The molecular weight excluding hydrogens is 1810 g/mol. The van der Waals surface area contributed by atoms with E-state index in [0.29, 0.717) is 0 Å². The van der Waals surface area contributed by atoms with Crippen LogP contribution in [0.3, 0.4) is 0 Å². The molecule has 12 aromatic carbocycles. The summed E-state index contributed by atoms with van der Waals surface area (Å²) in [7, 11) is 13.8. The molecule has 8 heterocycles. The Morgan fingerprint density at radius 1 is 0.320 bits per heavy atom. The van der Waals surface area contributed by atoms with Crippen molar-refractivity contribution in [2.45, 2.75) is 33.9 Å². The van der Waals surface area contributed by atoms with Gasteiger partial charge in [0.05, 0.1) is 52.7 Å². The van der Waals surface area contributed by atoms with E-state index in [2.05, 4.69) is 397 Å². The number of rotatable bonds is 19.